The SMILES string of the molecule is CCCNc1ncc(C(=O)N(C)CCOCC)cc1Cl. The Morgan fingerprint density at radius 3 is 2.85 bits per heavy atom. The van der Waals surface area contributed by atoms with Crippen molar-refractivity contribution >= 4 is 23.3 Å². The van der Waals surface area contributed by atoms with E-state index in [2.05, 4.69) is 17.2 Å². The fourth-order valence-electron chi connectivity index (χ4n) is 1.60. The Hall–Kier alpha value is -1.33. The van der Waals surface area contributed by atoms with Crippen LogP contribution in [0, 0.1) is 0 Å². The smallest absolute Gasteiger partial charge is 0.255 e. The zero-order chi connectivity index (χ0) is 15.0. The highest BCUT2D eigenvalue weighted by Crippen LogP contribution is 2.20. The molecule has 0 aromatic carbocycles. The number of nitrogens with zero attached hydrogens (tertiary/aromatic N) is 2. The van der Waals surface area contributed by atoms with E-state index in [4.69, 9.17) is 16.3 Å². The first-order valence-electron chi connectivity index (χ1n) is 6.82. The Balaban J connectivity index is 2.66. The Morgan fingerprint density at radius 2 is 2.25 bits per heavy atom. The number of aromatic nitrogens is 1. The van der Waals surface area contributed by atoms with E-state index in [9.17, 15) is 4.79 Å². The molecule has 1 amide bonds. The normalized spacial score (nSPS) is 10.4. The minimum Gasteiger partial charge on any atom is -0.380 e. The molecule has 0 saturated carbocycles. The molecule has 1 aromatic rings. The molecule has 0 spiro atoms. The lowest BCUT2D eigenvalue weighted by Crippen LogP contribution is -2.30. The predicted octanol–water partition coefficient (Wildman–Crippen LogP) is 2.67. The molecule has 0 unspecified atom stereocenters. The molecule has 0 atom stereocenters. The topological polar surface area (TPSA) is 54.5 Å². The molecule has 0 bridgehead atoms. The summed E-state index contributed by atoms with van der Waals surface area (Å²) >= 11 is 6.12. The number of anilines is 1. The molecule has 112 valence electrons. The highest BCUT2D eigenvalue weighted by atomic mass is 35.5. The lowest BCUT2D eigenvalue weighted by molar-refractivity contribution is 0.0709. The third-order valence-electron chi connectivity index (χ3n) is 2.75. The van der Waals surface area contributed by atoms with Gasteiger partial charge in [0.15, 0.2) is 0 Å². The summed E-state index contributed by atoms with van der Waals surface area (Å²) in [7, 11) is 1.73. The average Bonchev–Trinajstić information content (AvgIpc) is 2.45. The highest BCUT2D eigenvalue weighted by molar-refractivity contribution is 6.33. The Morgan fingerprint density at radius 1 is 1.50 bits per heavy atom. The number of amides is 1. The first-order chi connectivity index (χ1) is 9.60. The Kier molecular flexibility index (Phi) is 7.33. The summed E-state index contributed by atoms with van der Waals surface area (Å²) in [5, 5.41) is 3.57. The molecule has 1 heterocycles. The van der Waals surface area contributed by atoms with Crippen LogP contribution >= 0.6 is 11.6 Å². The van der Waals surface area contributed by atoms with Crippen LogP contribution in [0.15, 0.2) is 12.3 Å². The second-order valence-corrected chi connectivity index (χ2v) is 4.81. The summed E-state index contributed by atoms with van der Waals surface area (Å²) in [6.45, 7) is 6.50. The van der Waals surface area contributed by atoms with Crippen molar-refractivity contribution in [1.82, 2.24) is 9.88 Å². The molecule has 20 heavy (non-hydrogen) atoms. The molecule has 0 aliphatic carbocycles. The van der Waals surface area contributed by atoms with Crippen LogP contribution in [0.5, 0.6) is 0 Å². The van der Waals surface area contributed by atoms with Crippen LogP contribution in [-0.4, -0.2) is 49.1 Å². The maximum atomic E-state index is 12.2. The number of rotatable bonds is 8. The highest BCUT2D eigenvalue weighted by Gasteiger charge is 2.14. The standard InChI is InChI=1S/C14H22ClN3O2/c1-4-6-16-13-12(15)9-11(10-17-13)14(19)18(3)7-8-20-5-2/h9-10H,4-8H2,1-3H3,(H,16,17). The predicted molar refractivity (Wildman–Crippen MR) is 81.5 cm³/mol. The molecule has 6 heteroatoms. The van der Waals surface area contributed by atoms with Gasteiger partial charge in [-0.15, -0.1) is 0 Å². The number of carbonyl (C=O) groups excluding carboxylic acids is 1. The number of hydrogen-bond donors (Lipinski definition) is 1. The maximum absolute atomic E-state index is 12.2. The van der Waals surface area contributed by atoms with Crippen LogP contribution in [0.3, 0.4) is 0 Å². The fraction of sp³-hybridized carbons (Fsp3) is 0.571. The van der Waals surface area contributed by atoms with Crippen molar-refractivity contribution in [3.05, 3.63) is 22.8 Å². The lowest BCUT2D eigenvalue weighted by Gasteiger charge is -2.17. The molecule has 1 rings (SSSR count). The van der Waals surface area contributed by atoms with Crippen molar-refractivity contribution in [2.45, 2.75) is 20.3 Å². The van der Waals surface area contributed by atoms with Crippen molar-refractivity contribution < 1.29 is 9.53 Å². The van der Waals surface area contributed by atoms with Gasteiger partial charge < -0.3 is 15.0 Å². The number of nitrogens with one attached hydrogen (secondary N) is 1. The maximum Gasteiger partial charge on any atom is 0.255 e. The quantitative estimate of drug-likeness (QED) is 0.750. The Labute approximate surface area is 125 Å². The van der Waals surface area contributed by atoms with E-state index in [1.807, 2.05) is 6.92 Å². The van der Waals surface area contributed by atoms with Crippen molar-refractivity contribution in [1.29, 1.82) is 0 Å². The Bertz CT molecular complexity index is 440. The third kappa shape index (κ3) is 4.98. The summed E-state index contributed by atoms with van der Waals surface area (Å²) < 4.78 is 5.23. The van der Waals surface area contributed by atoms with Crippen LogP contribution < -0.4 is 5.32 Å². The van der Waals surface area contributed by atoms with Crippen molar-refractivity contribution in [3.63, 3.8) is 0 Å². The van der Waals surface area contributed by atoms with Crippen LogP contribution in [0.1, 0.15) is 30.6 Å². The number of carbonyl (C=O) groups is 1. The van der Waals surface area contributed by atoms with Gasteiger partial charge in [0, 0.05) is 32.9 Å². The van der Waals surface area contributed by atoms with E-state index >= 15 is 0 Å². The van der Waals surface area contributed by atoms with Crippen molar-refractivity contribution in [2.75, 3.05) is 38.7 Å². The second kappa shape index (κ2) is 8.76. The van der Waals surface area contributed by atoms with Gasteiger partial charge in [0.25, 0.3) is 5.91 Å². The lowest BCUT2D eigenvalue weighted by atomic mass is 10.2. The van der Waals surface area contributed by atoms with E-state index in [1.165, 1.54) is 0 Å². The van der Waals surface area contributed by atoms with Crippen LogP contribution in [0.25, 0.3) is 0 Å². The second-order valence-electron chi connectivity index (χ2n) is 4.40. The molecule has 1 N–H and O–H groups in total. The fourth-order valence-corrected chi connectivity index (χ4v) is 1.83. The zero-order valence-corrected chi connectivity index (χ0v) is 13.0. The van der Waals surface area contributed by atoms with Gasteiger partial charge in [-0.3, -0.25) is 4.79 Å². The molecule has 0 aliphatic rings. The molecule has 0 radical (unpaired) electrons. The summed E-state index contributed by atoms with van der Waals surface area (Å²) in [5.74, 6) is 0.503. The molecule has 0 fully saturated rings. The number of hydrogen-bond acceptors (Lipinski definition) is 4. The minimum absolute atomic E-state index is 0.110. The van der Waals surface area contributed by atoms with Gasteiger partial charge in [-0.05, 0) is 19.4 Å². The van der Waals surface area contributed by atoms with Crippen LogP contribution in [-0.2, 0) is 4.74 Å². The van der Waals surface area contributed by atoms with E-state index < -0.39 is 0 Å². The summed E-state index contributed by atoms with van der Waals surface area (Å²) in [6.07, 6.45) is 2.53. The van der Waals surface area contributed by atoms with E-state index in [0.29, 0.717) is 36.2 Å². The average molecular weight is 300 g/mol. The first-order valence-corrected chi connectivity index (χ1v) is 7.20. The minimum atomic E-state index is -0.110. The zero-order valence-electron chi connectivity index (χ0n) is 12.3. The van der Waals surface area contributed by atoms with Crippen LogP contribution in [0.2, 0.25) is 5.02 Å². The number of halogens is 1. The molecule has 5 nitrogen and oxygen atoms in total. The molecule has 0 aliphatic heterocycles. The monoisotopic (exact) mass is 299 g/mol. The number of likely N-dealkylation sites (N-methyl/N-ethyl adjacent to an activating group) is 1. The van der Waals surface area contributed by atoms with Gasteiger partial charge in [-0.2, -0.15) is 0 Å². The summed E-state index contributed by atoms with van der Waals surface area (Å²) in [6, 6.07) is 1.64. The van der Waals surface area contributed by atoms with E-state index in [0.717, 1.165) is 13.0 Å². The number of ether oxygens (including phenoxy) is 1. The third-order valence-corrected chi connectivity index (χ3v) is 3.04. The van der Waals surface area contributed by atoms with Gasteiger partial charge in [0.1, 0.15) is 5.82 Å². The number of pyridine rings is 1. The molecule has 1 aromatic heterocycles. The van der Waals surface area contributed by atoms with Gasteiger partial charge in [-0.25, -0.2) is 4.98 Å². The van der Waals surface area contributed by atoms with Gasteiger partial charge in [0.2, 0.25) is 0 Å². The van der Waals surface area contributed by atoms with Gasteiger partial charge in [-0.1, -0.05) is 18.5 Å². The van der Waals surface area contributed by atoms with Crippen LogP contribution in [0.4, 0.5) is 5.82 Å². The largest absolute Gasteiger partial charge is 0.380 e. The van der Waals surface area contributed by atoms with Crippen molar-refractivity contribution in [2.24, 2.45) is 0 Å². The van der Waals surface area contributed by atoms with Gasteiger partial charge >= 0.3 is 0 Å². The van der Waals surface area contributed by atoms with Crippen molar-refractivity contribution in [3.8, 4) is 0 Å². The van der Waals surface area contributed by atoms with E-state index in [1.54, 1.807) is 24.2 Å². The van der Waals surface area contributed by atoms with E-state index in [-0.39, 0.29) is 5.91 Å². The molecule has 0 saturated heterocycles. The molecular weight excluding hydrogens is 278 g/mol. The summed E-state index contributed by atoms with van der Waals surface area (Å²) in [4.78, 5) is 18.0. The molecular formula is C14H22ClN3O2. The van der Waals surface area contributed by atoms with Gasteiger partial charge in [0.05, 0.1) is 17.2 Å². The summed E-state index contributed by atoms with van der Waals surface area (Å²) in [5.41, 5.74) is 0.482. The first kappa shape index (κ1) is 16.7.